The van der Waals surface area contributed by atoms with E-state index in [0.717, 1.165) is 35.9 Å². The standard InChI is InChI=1S/C24H27N3O4/c1-3-11-31-21-10-9-17(13-22(21)29-2)15-27(16-19-7-5-12-30-19)24(28)20-8-4-6-18-14-25-26-23(18)20/h3-4,6,8-10,13-14,19H,1,5,7,11-12,15-16H2,2H3,(H,25,26). The molecule has 1 fully saturated rings. The minimum atomic E-state index is -0.0590. The van der Waals surface area contributed by atoms with Crippen molar-refractivity contribution in [3.63, 3.8) is 0 Å². The number of ether oxygens (including phenoxy) is 3. The summed E-state index contributed by atoms with van der Waals surface area (Å²) in [4.78, 5) is 15.4. The fourth-order valence-corrected chi connectivity index (χ4v) is 3.87. The highest BCUT2D eigenvalue weighted by molar-refractivity contribution is 6.05. The van der Waals surface area contributed by atoms with Crippen molar-refractivity contribution in [1.29, 1.82) is 0 Å². The molecule has 0 saturated carbocycles. The maximum atomic E-state index is 13.6. The smallest absolute Gasteiger partial charge is 0.256 e. The molecule has 0 radical (unpaired) electrons. The Balaban J connectivity index is 1.61. The van der Waals surface area contributed by atoms with Gasteiger partial charge in [0.2, 0.25) is 0 Å². The Hall–Kier alpha value is -3.32. The van der Waals surface area contributed by atoms with Crippen molar-refractivity contribution in [2.75, 3.05) is 26.9 Å². The van der Waals surface area contributed by atoms with Gasteiger partial charge in [0.25, 0.3) is 5.91 Å². The lowest BCUT2D eigenvalue weighted by molar-refractivity contribution is 0.0508. The molecular formula is C24H27N3O4. The molecule has 1 unspecified atom stereocenters. The van der Waals surface area contributed by atoms with E-state index in [0.29, 0.717) is 36.8 Å². The van der Waals surface area contributed by atoms with Crippen LogP contribution >= 0.6 is 0 Å². The van der Waals surface area contributed by atoms with E-state index in [-0.39, 0.29) is 12.0 Å². The van der Waals surface area contributed by atoms with Gasteiger partial charge in [-0.15, -0.1) is 0 Å². The van der Waals surface area contributed by atoms with Gasteiger partial charge in [0.05, 0.1) is 30.5 Å². The maximum Gasteiger partial charge on any atom is 0.256 e. The summed E-state index contributed by atoms with van der Waals surface area (Å²) in [5.41, 5.74) is 2.30. The summed E-state index contributed by atoms with van der Waals surface area (Å²) >= 11 is 0. The molecular weight excluding hydrogens is 394 g/mol. The van der Waals surface area contributed by atoms with Gasteiger partial charge in [-0.05, 0) is 36.6 Å². The maximum absolute atomic E-state index is 13.6. The van der Waals surface area contributed by atoms with Crippen LogP contribution < -0.4 is 9.47 Å². The van der Waals surface area contributed by atoms with Gasteiger partial charge in [0.1, 0.15) is 6.61 Å². The van der Waals surface area contributed by atoms with E-state index in [1.807, 2.05) is 41.3 Å². The predicted molar refractivity (Wildman–Crippen MR) is 118 cm³/mol. The minimum Gasteiger partial charge on any atom is -0.493 e. The fraction of sp³-hybridized carbons (Fsp3) is 0.333. The topological polar surface area (TPSA) is 76.7 Å². The van der Waals surface area contributed by atoms with Crippen molar-refractivity contribution in [3.8, 4) is 11.5 Å². The Morgan fingerprint density at radius 3 is 3.03 bits per heavy atom. The van der Waals surface area contributed by atoms with Crippen LogP contribution in [0, 0.1) is 0 Å². The molecule has 162 valence electrons. The summed E-state index contributed by atoms with van der Waals surface area (Å²) < 4.78 is 17.0. The summed E-state index contributed by atoms with van der Waals surface area (Å²) in [6.45, 7) is 5.77. The Morgan fingerprint density at radius 1 is 1.35 bits per heavy atom. The first-order valence-corrected chi connectivity index (χ1v) is 10.4. The molecule has 1 saturated heterocycles. The van der Waals surface area contributed by atoms with E-state index in [4.69, 9.17) is 14.2 Å². The van der Waals surface area contributed by atoms with Gasteiger partial charge in [0.15, 0.2) is 11.5 Å². The highest BCUT2D eigenvalue weighted by Gasteiger charge is 2.25. The van der Waals surface area contributed by atoms with Crippen molar-refractivity contribution < 1.29 is 19.0 Å². The number of nitrogens with one attached hydrogen (secondary N) is 1. The zero-order chi connectivity index (χ0) is 21.6. The van der Waals surface area contributed by atoms with Crippen LogP contribution in [0.5, 0.6) is 11.5 Å². The molecule has 31 heavy (non-hydrogen) atoms. The molecule has 4 rings (SSSR count). The van der Waals surface area contributed by atoms with Gasteiger partial charge in [-0.2, -0.15) is 5.10 Å². The molecule has 3 aromatic rings. The SMILES string of the molecule is C=CCOc1ccc(CN(CC2CCCO2)C(=O)c2cccc3cn[nH]c23)cc1OC. The highest BCUT2D eigenvalue weighted by Crippen LogP contribution is 2.29. The average Bonchev–Trinajstić information content (AvgIpc) is 3.48. The number of carbonyl (C=O) groups excluding carboxylic acids is 1. The third kappa shape index (κ3) is 4.72. The number of rotatable bonds is 9. The Labute approximate surface area is 181 Å². The van der Waals surface area contributed by atoms with Crippen molar-refractivity contribution in [2.24, 2.45) is 0 Å². The summed E-state index contributed by atoms with van der Waals surface area (Å²) in [6, 6.07) is 11.4. The summed E-state index contributed by atoms with van der Waals surface area (Å²) in [5, 5.41) is 7.95. The molecule has 1 aromatic heterocycles. The molecule has 0 spiro atoms. The van der Waals surface area contributed by atoms with Crippen LogP contribution in [0.15, 0.2) is 55.3 Å². The van der Waals surface area contributed by atoms with Crippen LogP contribution in [0.2, 0.25) is 0 Å². The molecule has 7 heteroatoms. The zero-order valence-corrected chi connectivity index (χ0v) is 17.7. The van der Waals surface area contributed by atoms with Crippen LogP contribution in [-0.2, 0) is 11.3 Å². The third-order valence-electron chi connectivity index (χ3n) is 5.40. The first-order valence-electron chi connectivity index (χ1n) is 10.4. The van der Waals surface area contributed by atoms with E-state index in [1.54, 1.807) is 19.4 Å². The van der Waals surface area contributed by atoms with Crippen molar-refractivity contribution in [1.82, 2.24) is 15.1 Å². The second-order valence-electron chi connectivity index (χ2n) is 7.55. The number of aromatic nitrogens is 2. The number of aromatic amines is 1. The first-order chi connectivity index (χ1) is 15.2. The number of para-hydroxylation sites is 1. The molecule has 2 heterocycles. The predicted octanol–water partition coefficient (Wildman–Crippen LogP) is 3.96. The molecule has 1 aliphatic heterocycles. The number of carbonyl (C=O) groups is 1. The number of hydrogen-bond donors (Lipinski definition) is 1. The quantitative estimate of drug-likeness (QED) is 0.529. The molecule has 1 aliphatic rings. The van der Waals surface area contributed by atoms with Crippen LogP contribution in [0.3, 0.4) is 0 Å². The Morgan fingerprint density at radius 2 is 2.26 bits per heavy atom. The fourth-order valence-electron chi connectivity index (χ4n) is 3.87. The number of methoxy groups -OCH3 is 1. The van der Waals surface area contributed by atoms with Crippen LogP contribution in [-0.4, -0.2) is 54.0 Å². The summed E-state index contributed by atoms with van der Waals surface area (Å²) in [5.74, 6) is 1.21. The van der Waals surface area contributed by atoms with Crippen LogP contribution in [0.1, 0.15) is 28.8 Å². The van der Waals surface area contributed by atoms with Gasteiger partial charge in [0, 0.05) is 25.1 Å². The third-order valence-corrected chi connectivity index (χ3v) is 5.40. The molecule has 7 nitrogen and oxygen atoms in total. The first kappa shape index (κ1) is 20.9. The largest absolute Gasteiger partial charge is 0.493 e. The molecule has 0 bridgehead atoms. The lowest BCUT2D eigenvalue weighted by atomic mass is 10.1. The van der Waals surface area contributed by atoms with Crippen LogP contribution in [0.25, 0.3) is 10.9 Å². The highest BCUT2D eigenvalue weighted by atomic mass is 16.5. The van der Waals surface area contributed by atoms with Gasteiger partial charge in [-0.1, -0.05) is 30.9 Å². The number of fused-ring (bicyclic) bond motifs is 1. The average molecular weight is 421 g/mol. The van der Waals surface area contributed by atoms with Gasteiger partial charge in [-0.3, -0.25) is 9.89 Å². The lowest BCUT2D eigenvalue weighted by Gasteiger charge is -2.26. The Kier molecular flexibility index (Phi) is 6.52. The number of nitrogens with zero attached hydrogens (tertiary/aromatic N) is 2. The second kappa shape index (κ2) is 9.66. The van der Waals surface area contributed by atoms with Gasteiger partial charge >= 0.3 is 0 Å². The van der Waals surface area contributed by atoms with Crippen LogP contribution in [0.4, 0.5) is 0 Å². The van der Waals surface area contributed by atoms with E-state index in [2.05, 4.69) is 16.8 Å². The number of H-pyrrole nitrogens is 1. The van der Waals surface area contributed by atoms with Crippen molar-refractivity contribution >= 4 is 16.8 Å². The normalized spacial score (nSPS) is 15.7. The van der Waals surface area contributed by atoms with Crippen molar-refractivity contribution in [3.05, 3.63) is 66.4 Å². The van der Waals surface area contributed by atoms with E-state index in [1.165, 1.54) is 0 Å². The molecule has 2 aromatic carbocycles. The molecule has 1 amide bonds. The van der Waals surface area contributed by atoms with E-state index < -0.39 is 0 Å². The number of benzene rings is 2. The number of amides is 1. The minimum absolute atomic E-state index is 0.0435. The summed E-state index contributed by atoms with van der Waals surface area (Å²) in [6.07, 6.45) is 5.43. The lowest BCUT2D eigenvalue weighted by Crippen LogP contribution is -2.37. The number of hydrogen-bond acceptors (Lipinski definition) is 5. The molecule has 1 atom stereocenters. The zero-order valence-electron chi connectivity index (χ0n) is 17.7. The Bertz CT molecular complexity index is 1060. The van der Waals surface area contributed by atoms with Crippen molar-refractivity contribution in [2.45, 2.75) is 25.5 Å². The van der Waals surface area contributed by atoms with Gasteiger partial charge < -0.3 is 19.1 Å². The van der Waals surface area contributed by atoms with E-state index in [9.17, 15) is 4.79 Å². The summed E-state index contributed by atoms with van der Waals surface area (Å²) in [7, 11) is 1.61. The molecule has 1 N–H and O–H groups in total. The monoisotopic (exact) mass is 421 g/mol. The molecule has 0 aliphatic carbocycles. The van der Waals surface area contributed by atoms with Gasteiger partial charge in [-0.25, -0.2) is 0 Å². The van der Waals surface area contributed by atoms with E-state index >= 15 is 0 Å². The second-order valence-corrected chi connectivity index (χ2v) is 7.55.